The third kappa shape index (κ3) is 3.59. The summed E-state index contributed by atoms with van der Waals surface area (Å²) in [5.41, 5.74) is 1.89. The predicted molar refractivity (Wildman–Crippen MR) is 87.8 cm³/mol. The lowest BCUT2D eigenvalue weighted by atomic mass is 9.99. The van der Waals surface area contributed by atoms with Crippen molar-refractivity contribution in [2.24, 2.45) is 0 Å². The van der Waals surface area contributed by atoms with Crippen LogP contribution in [0.4, 0.5) is 0 Å². The molecule has 1 saturated heterocycles. The van der Waals surface area contributed by atoms with Gasteiger partial charge in [-0.25, -0.2) is 4.98 Å². The number of nitrogens with zero attached hydrogens (tertiary/aromatic N) is 4. The molecule has 1 aromatic carbocycles. The number of carbonyl (C=O) groups is 1. The average molecular weight is 313 g/mol. The first-order valence-corrected chi connectivity index (χ1v) is 8.05. The van der Waals surface area contributed by atoms with Gasteiger partial charge < -0.3 is 9.80 Å². The van der Waals surface area contributed by atoms with Gasteiger partial charge >= 0.3 is 0 Å². The van der Waals surface area contributed by atoms with Gasteiger partial charge in [0.15, 0.2) is 0 Å². The van der Waals surface area contributed by atoms with Crippen LogP contribution in [0, 0.1) is 0 Å². The van der Waals surface area contributed by atoms with Crippen LogP contribution in [0.1, 0.15) is 47.1 Å². The normalized spacial score (nSPS) is 18.4. The lowest BCUT2D eigenvalue weighted by Crippen LogP contribution is -2.39. The highest BCUT2D eigenvalue weighted by atomic mass is 16.2. The summed E-state index contributed by atoms with van der Waals surface area (Å²) in [6.45, 7) is 1.59. The average Bonchev–Trinajstić information content (AvgIpc) is 3.08. The van der Waals surface area contributed by atoms with Gasteiger partial charge in [-0.15, -0.1) is 0 Å². The molecule has 2 heterocycles. The monoisotopic (exact) mass is 313 g/mol. The Labute approximate surface area is 136 Å². The van der Waals surface area contributed by atoms with E-state index in [1.165, 1.54) is 6.33 Å². The van der Waals surface area contributed by atoms with Gasteiger partial charge in [-0.3, -0.25) is 9.89 Å². The van der Waals surface area contributed by atoms with Crippen molar-refractivity contribution in [1.82, 2.24) is 25.0 Å². The molecule has 1 unspecified atom stereocenters. The van der Waals surface area contributed by atoms with Crippen LogP contribution in [0.15, 0.2) is 30.6 Å². The van der Waals surface area contributed by atoms with Gasteiger partial charge in [-0.05, 0) is 51.1 Å². The molecule has 1 N–H and O–H groups in total. The van der Waals surface area contributed by atoms with Crippen molar-refractivity contribution in [1.29, 1.82) is 0 Å². The molecule has 1 aromatic heterocycles. The zero-order valence-electron chi connectivity index (χ0n) is 13.7. The van der Waals surface area contributed by atoms with Gasteiger partial charge in [0.25, 0.3) is 5.91 Å². The number of aromatic nitrogens is 3. The van der Waals surface area contributed by atoms with Crippen molar-refractivity contribution in [2.75, 3.05) is 20.6 Å². The minimum atomic E-state index is -0.00347. The molecule has 0 aliphatic carbocycles. The number of piperidine rings is 1. The lowest BCUT2D eigenvalue weighted by molar-refractivity contribution is 0.0600. The largest absolute Gasteiger partial charge is 0.328 e. The highest BCUT2D eigenvalue weighted by molar-refractivity contribution is 5.94. The number of amides is 1. The number of hydrogen-bond acceptors (Lipinski definition) is 4. The lowest BCUT2D eigenvalue weighted by Gasteiger charge is -2.34. The fraction of sp³-hybridized carbons (Fsp3) is 0.471. The quantitative estimate of drug-likeness (QED) is 0.940. The molecule has 122 valence electrons. The van der Waals surface area contributed by atoms with Crippen molar-refractivity contribution in [2.45, 2.75) is 31.8 Å². The van der Waals surface area contributed by atoms with E-state index in [0.717, 1.165) is 49.3 Å². The third-order valence-corrected chi connectivity index (χ3v) is 4.19. The molecule has 1 fully saturated rings. The maximum absolute atomic E-state index is 13.0. The number of hydrogen-bond donors (Lipinski definition) is 1. The van der Waals surface area contributed by atoms with Crippen LogP contribution in [0.25, 0.3) is 0 Å². The molecule has 6 heteroatoms. The molecule has 1 aliphatic rings. The Bertz CT molecular complexity index is 653. The van der Waals surface area contributed by atoms with Crippen LogP contribution in [0.2, 0.25) is 0 Å². The van der Waals surface area contributed by atoms with Crippen LogP contribution in [0.5, 0.6) is 0 Å². The van der Waals surface area contributed by atoms with Crippen LogP contribution in [-0.4, -0.2) is 51.5 Å². The number of aromatic amines is 1. The molecule has 0 bridgehead atoms. The Balaban J connectivity index is 1.83. The van der Waals surface area contributed by atoms with E-state index < -0.39 is 0 Å². The summed E-state index contributed by atoms with van der Waals surface area (Å²) in [6.07, 6.45) is 4.58. The summed E-state index contributed by atoms with van der Waals surface area (Å²) in [7, 11) is 4.05. The standard InChI is InChI=1S/C17H23N5O/c1-21(2)11-13-6-5-7-14(10-13)17(23)22-9-4-3-8-15(22)16-18-12-19-20-16/h5-7,10,12,15H,3-4,8-9,11H2,1-2H3,(H,18,19,20). The first kappa shape index (κ1) is 15.7. The number of likely N-dealkylation sites (tertiary alicyclic amines) is 1. The summed E-state index contributed by atoms with van der Waals surface area (Å²) >= 11 is 0. The van der Waals surface area contributed by atoms with Crippen molar-refractivity contribution in [3.05, 3.63) is 47.5 Å². The molecule has 23 heavy (non-hydrogen) atoms. The van der Waals surface area contributed by atoms with Crippen LogP contribution in [0.3, 0.4) is 0 Å². The van der Waals surface area contributed by atoms with E-state index >= 15 is 0 Å². The van der Waals surface area contributed by atoms with E-state index in [0.29, 0.717) is 0 Å². The number of carbonyl (C=O) groups excluding carboxylic acids is 1. The third-order valence-electron chi connectivity index (χ3n) is 4.19. The van der Waals surface area contributed by atoms with E-state index in [4.69, 9.17) is 0 Å². The molecular weight excluding hydrogens is 290 g/mol. The second-order valence-electron chi connectivity index (χ2n) is 6.32. The second-order valence-corrected chi connectivity index (χ2v) is 6.32. The van der Waals surface area contributed by atoms with Gasteiger partial charge in [-0.1, -0.05) is 12.1 Å². The van der Waals surface area contributed by atoms with Crippen molar-refractivity contribution in [3.8, 4) is 0 Å². The highest BCUT2D eigenvalue weighted by Crippen LogP contribution is 2.30. The summed E-state index contributed by atoms with van der Waals surface area (Å²) in [5, 5.41) is 6.85. The Morgan fingerprint density at radius 3 is 3.00 bits per heavy atom. The smallest absolute Gasteiger partial charge is 0.254 e. The van der Waals surface area contributed by atoms with Gasteiger partial charge in [-0.2, -0.15) is 5.10 Å². The van der Waals surface area contributed by atoms with Crippen molar-refractivity contribution < 1.29 is 4.79 Å². The van der Waals surface area contributed by atoms with E-state index in [1.807, 2.05) is 37.2 Å². The van der Waals surface area contributed by atoms with Crippen LogP contribution < -0.4 is 0 Å². The Morgan fingerprint density at radius 2 is 2.26 bits per heavy atom. The number of H-pyrrole nitrogens is 1. The molecule has 0 radical (unpaired) electrons. The summed E-state index contributed by atoms with van der Waals surface area (Å²) in [4.78, 5) is 21.3. The summed E-state index contributed by atoms with van der Waals surface area (Å²) < 4.78 is 0. The van der Waals surface area contributed by atoms with Crippen molar-refractivity contribution >= 4 is 5.91 Å². The fourth-order valence-electron chi connectivity index (χ4n) is 3.17. The molecule has 0 spiro atoms. The summed E-state index contributed by atoms with van der Waals surface area (Å²) in [5.74, 6) is 0.856. The molecule has 1 atom stereocenters. The van der Waals surface area contributed by atoms with Crippen molar-refractivity contribution in [3.63, 3.8) is 0 Å². The predicted octanol–water partition coefficient (Wildman–Crippen LogP) is 2.23. The maximum Gasteiger partial charge on any atom is 0.254 e. The number of benzene rings is 1. The molecule has 0 saturated carbocycles. The van der Waals surface area contributed by atoms with Gasteiger partial charge in [0, 0.05) is 18.7 Å². The first-order valence-electron chi connectivity index (χ1n) is 8.05. The molecule has 1 aliphatic heterocycles. The van der Waals surface area contributed by atoms with Crippen LogP contribution in [-0.2, 0) is 6.54 Å². The van der Waals surface area contributed by atoms with Crippen LogP contribution >= 0.6 is 0 Å². The van der Waals surface area contributed by atoms with E-state index in [2.05, 4.69) is 26.1 Å². The zero-order chi connectivity index (χ0) is 16.2. The highest BCUT2D eigenvalue weighted by Gasteiger charge is 2.30. The Hall–Kier alpha value is -2.21. The van der Waals surface area contributed by atoms with E-state index in [9.17, 15) is 4.79 Å². The SMILES string of the molecule is CN(C)Cc1cccc(C(=O)N2CCCCC2c2ncn[nH]2)c1. The summed E-state index contributed by atoms with van der Waals surface area (Å²) in [6, 6.07) is 7.90. The first-order chi connectivity index (χ1) is 11.1. The topological polar surface area (TPSA) is 65.1 Å². The van der Waals surface area contributed by atoms with E-state index in [1.54, 1.807) is 0 Å². The Morgan fingerprint density at radius 1 is 1.39 bits per heavy atom. The van der Waals surface area contributed by atoms with Gasteiger partial charge in [0.1, 0.15) is 12.2 Å². The fourth-order valence-corrected chi connectivity index (χ4v) is 3.17. The molecule has 6 nitrogen and oxygen atoms in total. The second kappa shape index (κ2) is 6.91. The maximum atomic E-state index is 13.0. The molecule has 3 rings (SSSR count). The van der Waals surface area contributed by atoms with E-state index in [-0.39, 0.29) is 11.9 Å². The number of nitrogens with one attached hydrogen (secondary N) is 1. The molecular formula is C17H23N5O. The Kier molecular flexibility index (Phi) is 4.71. The molecule has 1 amide bonds. The minimum Gasteiger partial charge on any atom is -0.328 e. The zero-order valence-corrected chi connectivity index (χ0v) is 13.7. The van der Waals surface area contributed by atoms with Gasteiger partial charge in [0.05, 0.1) is 6.04 Å². The van der Waals surface area contributed by atoms with Gasteiger partial charge in [0.2, 0.25) is 0 Å². The molecule has 2 aromatic rings. The minimum absolute atomic E-state index is 0.00347. The number of rotatable bonds is 4.